The number of rotatable bonds is 2. The predicted molar refractivity (Wildman–Crippen MR) is 78.2 cm³/mol. The van der Waals surface area contributed by atoms with Crippen LogP contribution in [0.5, 0.6) is 0 Å². The molecule has 1 aromatic heterocycles. The van der Waals surface area contributed by atoms with Gasteiger partial charge in [-0.3, -0.25) is 4.79 Å². The van der Waals surface area contributed by atoms with Gasteiger partial charge in [0.2, 0.25) is 0 Å². The number of furan rings is 1. The summed E-state index contributed by atoms with van der Waals surface area (Å²) in [7, 11) is 0. The van der Waals surface area contributed by atoms with E-state index in [0.717, 1.165) is 29.6 Å². The number of benzene rings is 2. The van der Waals surface area contributed by atoms with Gasteiger partial charge >= 0.3 is 0 Å². The van der Waals surface area contributed by atoms with E-state index in [-0.39, 0.29) is 5.78 Å². The quantitative estimate of drug-likeness (QED) is 0.652. The lowest BCUT2D eigenvalue weighted by molar-refractivity contribution is 0.103. The molecule has 0 saturated carbocycles. The maximum absolute atomic E-state index is 12.7. The number of aryl methyl sites for hydroxylation is 3. The minimum atomic E-state index is 0.0393. The van der Waals surface area contributed by atoms with Crippen LogP contribution in [-0.2, 0) is 12.8 Å². The SMILES string of the molecule is Cc1cc(C(=O)c2ccc3c4c(cccc24)CC3)co1. The lowest BCUT2D eigenvalue weighted by Gasteiger charge is -2.07. The number of carbonyl (C=O) groups is 1. The Balaban J connectivity index is 1.95. The minimum Gasteiger partial charge on any atom is -0.469 e. The van der Waals surface area contributed by atoms with Crippen LogP contribution in [0.3, 0.4) is 0 Å². The van der Waals surface area contributed by atoms with Crippen molar-refractivity contribution < 1.29 is 9.21 Å². The molecule has 0 N–H and O–H groups in total. The zero-order valence-corrected chi connectivity index (χ0v) is 11.3. The first-order valence-corrected chi connectivity index (χ1v) is 6.87. The molecule has 0 amide bonds. The second-order valence-electron chi connectivity index (χ2n) is 5.39. The number of hydrogen-bond acceptors (Lipinski definition) is 2. The van der Waals surface area contributed by atoms with Gasteiger partial charge in [-0.1, -0.05) is 30.3 Å². The van der Waals surface area contributed by atoms with Crippen LogP contribution in [-0.4, -0.2) is 5.78 Å². The Morgan fingerprint density at radius 1 is 1.10 bits per heavy atom. The molecule has 3 aromatic rings. The van der Waals surface area contributed by atoms with Crippen LogP contribution in [0.25, 0.3) is 10.8 Å². The summed E-state index contributed by atoms with van der Waals surface area (Å²) in [6.45, 7) is 1.85. The topological polar surface area (TPSA) is 30.2 Å². The average Bonchev–Trinajstić information content (AvgIpc) is 3.07. The van der Waals surface area contributed by atoms with Crippen molar-refractivity contribution in [3.8, 4) is 0 Å². The first-order valence-electron chi connectivity index (χ1n) is 6.87. The van der Waals surface area contributed by atoms with Crippen molar-refractivity contribution in [2.45, 2.75) is 19.8 Å². The van der Waals surface area contributed by atoms with Gasteiger partial charge in [0.15, 0.2) is 5.78 Å². The molecular weight excluding hydrogens is 248 g/mol. The highest BCUT2D eigenvalue weighted by molar-refractivity contribution is 6.17. The molecule has 0 atom stereocenters. The fraction of sp³-hybridized carbons (Fsp3) is 0.167. The van der Waals surface area contributed by atoms with Crippen molar-refractivity contribution >= 4 is 16.6 Å². The van der Waals surface area contributed by atoms with Gasteiger partial charge in [-0.15, -0.1) is 0 Å². The van der Waals surface area contributed by atoms with Crippen LogP contribution in [0, 0.1) is 6.92 Å². The molecule has 20 heavy (non-hydrogen) atoms. The lowest BCUT2D eigenvalue weighted by Crippen LogP contribution is -2.01. The van der Waals surface area contributed by atoms with Crippen LogP contribution >= 0.6 is 0 Å². The van der Waals surface area contributed by atoms with E-state index in [0.29, 0.717) is 5.56 Å². The highest BCUT2D eigenvalue weighted by Gasteiger charge is 2.20. The van der Waals surface area contributed by atoms with Gasteiger partial charge in [-0.05, 0) is 47.7 Å². The zero-order chi connectivity index (χ0) is 13.7. The molecule has 2 heteroatoms. The van der Waals surface area contributed by atoms with Gasteiger partial charge in [0, 0.05) is 5.56 Å². The minimum absolute atomic E-state index is 0.0393. The van der Waals surface area contributed by atoms with E-state index in [1.54, 1.807) is 12.3 Å². The van der Waals surface area contributed by atoms with Gasteiger partial charge in [-0.25, -0.2) is 0 Å². The van der Waals surface area contributed by atoms with Crippen molar-refractivity contribution in [3.05, 3.63) is 70.7 Å². The summed E-state index contributed by atoms with van der Waals surface area (Å²) in [6, 6.07) is 12.1. The third kappa shape index (κ3) is 1.54. The molecule has 0 bridgehead atoms. The summed E-state index contributed by atoms with van der Waals surface area (Å²) in [6.07, 6.45) is 3.70. The molecule has 0 saturated heterocycles. The van der Waals surface area contributed by atoms with Gasteiger partial charge in [-0.2, -0.15) is 0 Å². The maximum Gasteiger partial charge on any atom is 0.196 e. The zero-order valence-electron chi connectivity index (χ0n) is 11.3. The number of hydrogen-bond donors (Lipinski definition) is 0. The van der Waals surface area contributed by atoms with Crippen molar-refractivity contribution in [3.63, 3.8) is 0 Å². The van der Waals surface area contributed by atoms with E-state index in [2.05, 4.69) is 12.1 Å². The first-order chi connectivity index (χ1) is 9.74. The molecule has 1 aliphatic rings. The fourth-order valence-corrected chi connectivity index (χ4v) is 3.16. The molecule has 2 aromatic carbocycles. The molecular formula is C18H14O2. The lowest BCUT2D eigenvalue weighted by atomic mass is 9.95. The Bertz CT molecular complexity index is 829. The van der Waals surface area contributed by atoms with E-state index in [4.69, 9.17) is 4.42 Å². The van der Waals surface area contributed by atoms with E-state index in [1.807, 2.05) is 25.1 Å². The largest absolute Gasteiger partial charge is 0.469 e. The Hall–Kier alpha value is -2.35. The van der Waals surface area contributed by atoms with Crippen LogP contribution in [0.2, 0.25) is 0 Å². The van der Waals surface area contributed by atoms with Crippen LogP contribution < -0.4 is 0 Å². The highest BCUT2D eigenvalue weighted by Crippen LogP contribution is 2.33. The van der Waals surface area contributed by atoms with Crippen molar-refractivity contribution in [1.82, 2.24) is 0 Å². The van der Waals surface area contributed by atoms with Gasteiger partial charge in [0.25, 0.3) is 0 Å². The second kappa shape index (κ2) is 4.07. The fourth-order valence-electron chi connectivity index (χ4n) is 3.16. The number of ketones is 1. The second-order valence-corrected chi connectivity index (χ2v) is 5.39. The van der Waals surface area contributed by atoms with E-state index >= 15 is 0 Å². The van der Waals surface area contributed by atoms with Crippen molar-refractivity contribution in [2.24, 2.45) is 0 Å². The summed E-state index contributed by atoms with van der Waals surface area (Å²) >= 11 is 0. The van der Waals surface area contributed by atoms with Crippen LogP contribution in [0.4, 0.5) is 0 Å². The summed E-state index contributed by atoms with van der Waals surface area (Å²) < 4.78 is 5.26. The number of carbonyl (C=O) groups excluding carboxylic acids is 1. The van der Waals surface area contributed by atoms with E-state index in [9.17, 15) is 4.79 Å². The normalized spacial score (nSPS) is 13.1. The molecule has 4 rings (SSSR count). The Labute approximate surface area is 117 Å². The van der Waals surface area contributed by atoms with E-state index < -0.39 is 0 Å². The van der Waals surface area contributed by atoms with E-state index in [1.165, 1.54) is 16.5 Å². The summed E-state index contributed by atoms with van der Waals surface area (Å²) in [5.41, 5.74) is 4.11. The molecule has 98 valence electrons. The van der Waals surface area contributed by atoms with Crippen molar-refractivity contribution in [1.29, 1.82) is 0 Å². The molecule has 0 spiro atoms. The summed E-state index contributed by atoms with van der Waals surface area (Å²) in [5.74, 6) is 0.803. The molecule has 1 heterocycles. The van der Waals surface area contributed by atoms with Gasteiger partial charge in [0.05, 0.1) is 5.56 Å². The summed E-state index contributed by atoms with van der Waals surface area (Å²) in [4.78, 5) is 12.7. The molecule has 0 aliphatic heterocycles. The van der Waals surface area contributed by atoms with Crippen molar-refractivity contribution in [2.75, 3.05) is 0 Å². The van der Waals surface area contributed by atoms with Gasteiger partial charge < -0.3 is 4.42 Å². The molecule has 0 fully saturated rings. The van der Waals surface area contributed by atoms with Crippen LogP contribution in [0.1, 0.15) is 32.8 Å². The average molecular weight is 262 g/mol. The summed E-state index contributed by atoms with van der Waals surface area (Å²) in [5, 5.41) is 2.35. The van der Waals surface area contributed by atoms with Crippen LogP contribution in [0.15, 0.2) is 47.1 Å². The molecule has 1 aliphatic carbocycles. The highest BCUT2D eigenvalue weighted by atomic mass is 16.3. The first kappa shape index (κ1) is 11.5. The molecule has 0 radical (unpaired) electrons. The predicted octanol–water partition coefficient (Wildman–Crippen LogP) is 4.07. The molecule has 2 nitrogen and oxygen atoms in total. The Morgan fingerprint density at radius 3 is 2.65 bits per heavy atom. The van der Waals surface area contributed by atoms with Gasteiger partial charge in [0.1, 0.15) is 12.0 Å². The smallest absolute Gasteiger partial charge is 0.196 e. The monoisotopic (exact) mass is 262 g/mol. The standard InChI is InChI=1S/C18H14O2/c1-11-9-14(10-20-11)18(19)16-8-7-13-6-5-12-3-2-4-15(16)17(12)13/h2-4,7-10H,5-6H2,1H3. The third-order valence-corrected chi connectivity index (χ3v) is 4.11. The maximum atomic E-state index is 12.7. The third-order valence-electron chi connectivity index (χ3n) is 4.11. The Kier molecular flexibility index (Phi) is 2.34. The Morgan fingerprint density at radius 2 is 1.90 bits per heavy atom. The molecule has 0 unspecified atom stereocenters.